The van der Waals surface area contributed by atoms with Crippen molar-refractivity contribution >= 4 is 12.4 Å². The van der Waals surface area contributed by atoms with Crippen molar-refractivity contribution in [1.29, 1.82) is 0 Å². The normalized spacial score (nSPS) is 20.1. The zero-order chi connectivity index (χ0) is 17.6. The van der Waals surface area contributed by atoms with Crippen molar-refractivity contribution in [3.05, 3.63) is 30.1 Å². The van der Waals surface area contributed by atoms with Gasteiger partial charge in [-0.05, 0) is 57.9 Å². The Kier molecular flexibility index (Phi) is 4.35. The molecule has 1 aromatic heterocycles. The first-order valence-electron chi connectivity index (χ1n) is 9.56. The van der Waals surface area contributed by atoms with Crippen LogP contribution in [0.5, 0.6) is 0 Å². The molecule has 1 atom stereocenters. The third kappa shape index (κ3) is 3.46. The lowest BCUT2D eigenvalue weighted by atomic mass is 10.1. The summed E-state index contributed by atoms with van der Waals surface area (Å²) in [6.07, 6.45) is 7.58. The van der Waals surface area contributed by atoms with Crippen LogP contribution in [0.1, 0.15) is 63.2 Å². The molecule has 0 saturated heterocycles. The molecule has 4 rings (SSSR count). The maximum absolute atomic E-state index is 12.5. The average molecular weight is 357 g/mol. The second-order valence-corrected chi connectivity index (χ2v) is 11.4. The van der Waals surface area contributed by atoms with Crippen LogP contribution >= 0.6 is 7.14 Å². The van der Waals surface area contributed by atoms with Gasteiger partial charge in [-0.15, -0.1) is 0 Å². The van der Waals surface area contributed by atoms with Crippen LogP contribution in [0.2, 0.25) is 0 Å². The zero-order valence-corrected chi connectivity index (χ0v) is 16.4. The molecule has 2 aliphatic rings. The topological polar surface area (TPSA) is 47.8 Å². The number of rotatable bonds is 5. The van der Waals surface area contributed by atoms with Gasteiger partial charge in [0.1, 0.15) is 7.14 Å². The first kappa shape index (κ1) is 17.0. The number of benzene rings is 1. The molecule has 5 heteroatoms. The van der Waals surface area contributed by atoms with Crippen LogP contribution < -0.4 is 5.30 Å². The van der Waals surface area contributed by atoms with Gasteiger partial charge in [0, 0.05) is 16.8 Å². The smallest absolute Gasteiger partial charge is 0.158 e. The number of nitrogens with zero attached hydrogens (tertiary/aromatic N) is 3. The monoisotopic (exact) mass is 357 g/mol. The first-order chi connectivity index (χ1) is 11.9. The van der Waals surface area contributed by atoms with E-state index in [0.717, 1.165) is 28.4 Å². The van der Waals surface area contributed by atoms with Crippen molar-refractivity contribution in [2.75, 3.05) is 13.3 Å². The number of hydrogen-bond acceptors (Lipinski definition) is 3. The number of aromatic nitrogens is 3. The third-order valence-corrected chi connectivity index (χ3v) is 7.31. The fourth-order valence-corrected chi connectivity index (χ4v) is 4.83. The Balaban J connectivity index is 1.78. The van der Waals surface area contributed by atoms with Crippen LogP contribution in [0, 0.1) is 5.92 Å². The standard InChI is InChI=1S/C20H28N3OP/c1-14(15-11-12-15)23-20(21-19(22-23)16-7-4-5-8-16)17-9-6-10-18(13-17)25(2,3)24/h6,9-10,13-16H,4-5,7-8,11-12H2,1-3H3. The maximum Gasteiger partial charge on any atom is 0.158 e. The summed E-state index contributed by atoms with van der Waals surface area (Å²) in [5.41, 5.74) is 1.05. The molecular weight excluding hydrogens is 329 g/mol. The molecule has 1 heterocycles. The second-order valence-electron chi connectivity index (χ2n) is 8.20. The minimum atomic E-state index is -2.28. The largest absolute Gasteiger partial charge is 0.319 e. The zero-order valence-electron chi connectivity index (χ0n) is 15.5. The highest BCUT2D eigenvalue weighted by Gasteiger charge is 2.33. The van der Waals surface area contributed by atoms with E-state index in [4.69, 9.17) is 10.1 Å². The second kappa shape index (κ2) is 6.39. The van der Waals surface area contributed by atoms with Gasteiger partial charge < -0.3 is 4.57 Å². The molecule has 4 nitrogen and oxygen atoms in total. The third-order valence-electron chi connectivity index (χ3n) is 5.78. The van der Waals surface area contributed by atoms with Crippen molar-refractivity contribution in [2.45, 2.75) is 57.4 Å². The van der Waals surface area contributed by atoms with Gasteiger partial charge in [0.15, 0.2) is 11.6 Å². The van der Waals surface area contributed by atoms with Crippen molar-refractivity contribution < 1.29 is 4.57 Å². The first-order valence-corrected chi connectivity index (χ1v) is 12.2. The van der Waals surface area contributed by atoms with Gasteiger partial charge >= 0.3 is 0 Å². The molecule has 0 radical (unpaired) electrons. The minimum Gasteiger partial charge on any atom is -0.319 e. The lowest BCUT2D eigenvalue weighted by Gasteiger charge is -2.15. The summed E-state index contributed by atoms with van der Waals surface area (Å²) in [5, 5.41) is 5.88. The molecule has 1 aromatic carbocycles. The van der Waals surface area contributed by atoms with Crippen molar-refractivity contribution in [3.63, 3.8) is 0 Å². The summed E-state index contributed by atoms with van der Waals surface area (Å²) in [5.74, 6) is 3.21. The molecule has 2 aliphatic carbocycles. The minimum absolute atomic E-state index is 0.386. The summed E-state index contributed by atoms with van der Waals surface area (Å²) < 4.78 is 14.7. The fourth-order valence-electron chi connectivity index (χ4n) is 3.94. The molecule has 0 aliphatic heterocycles. The molecule has 2 saturated carbocycles. The van der Waals surface area contributed by atoms with E-state index in [1.807, 2.05) is 25.5 Å². The van der Waals surface area contributed by atoms with Crippen LogP contribution in [0.4, 0.5) is 0 Å². The van der Waals surface area contributed by atoms with Gasteiger partial charge in [-0.3, -0.25) is 0 Å². The van der Waals surface area contributed by atoms with Gasteiger partial charge in [0.25, 0.3) is 0 Å². The van der Waals surface area contributed by atoms with E-state index >= 15 is 0 Å². The summed E-state index contributed by atoms with van der Waals surface area (Å²) in [4.78, 5) is 4.98. The van der Waals surface area contributed by atoms with Crippen LogP contribution in [0.15, 0.2) is 24.3 Å². The van der Waals surface area contributed by atoms with E-state index in [1.165, 1.54) is 38.5 Å². The predicted molar refractivity (Wildman–Crippen MR) is 103 cm³/mol. The van der Waals surface area contributed by atoms with E-state index < -0.39 is 7.14 Å². The Morgan fingerprint density at radius 3 is 2.52 bits per heavy atom. The Labute approximate surface area is 150 Å². The van der Waals surface area contributed by atoms with Gasteiger partial charge in [-0.25, -0.2) is 9.67 Å². The van der Waals surface area contributed by atoms with Crippen LogP contribution in [0.25, 0.3) is 11.4 Å². The Bertz CT molecular complexity index is 812. The highest BCUT2D eigenvalue weighted by molar-refractivity contribution is 7.70. The SMILES string of the molecule is CC(C1CC1)n1nc(C2CCCC2)nc1-c1cccc(P(C)(C)=O)c1. The molecule has 0 amide bonds. The molecule has 25 heavy (non-hydrogen) atoms. The van der Waals surface area contributed by atoms with E-state index in [0.29, 0.717) is 12.0 Å². The van der Waals surface area contributed by atoms with E-state index in [2.05, 4.69) is 23.7 Å². The van der Waals surface area contributed by atoms with E-state index in [9.17, 15) is 4.57 Å². The lowest BCUT2D eigenvalue weighted by Crippen LogP contribution is -2.12. The maximum atomic E-state index is 12.5. The summed E-state index contributed by atoms with van der Waals surface area (Å²) in [7, 11) is -2.28. The Morgan fingerprint density at radius 1 is 1.16 bits per heavy atom. The number of hydrogen-bond donors (Lipinski definition) is 0. The summed E-state index contributed by atoms with van der Waals surface area (Å²) in [6.45, 7) is 5.92. The van der Waals surface area contributed by atoms with E-state index in [-0.39, 0.29) is 0 Å². The molecule has 0 bridgehead atoms. The van der Waals surface area contributed by atoms with Crippen molar-refractivity contribution in [2.24, 2.45) is 5.92 Å². The van der Waals surface area contributed by atoms with Crippen LogP contribution in [-0.4, -0.2) is 28.1 Å². The highest BCUT2D eigenvalue weighted by Crippen LogP contribution is 2.42. The quantitative estimate of drug-likeness (QED) is 0.721. The fraction of sp³-hybridized carbons (Fsp3) is 0.600. The molecule has 1 unspecified atom stereocenters. The highest BCUT2D eigenvalue weighted by atomic mass is 31.2. The molecule has 0 spiro atoms. The molecule has 134 valence electrons. The predicted octanol–water partition coefficient (Wildman–Crippen LogP) is 4.82. The summed E-state index contributed by atoms with van der Waals surface area (Å²) in [6, 6.07) is 8.49. The van der Waals surface area contributed by atoms with Crippen molar-refractivity contribution in [3.8, 4) is 11.4 Å². The average Bonchev–Trinajstić information content (AvgIpc) is 3.10. The molecule has 2 fully saturated rings. The van der Waals surface area contributed by atoms with Gasteiger partial charge in [-0.2, -0.15) is 5.10 Å². The van der Waals surface area contributed by atoms with Gasteiger partial charge in [0.2, 0.25) is 0 Å². The van der Waals surface area contributed by atoms with E-state index in [1.54, 1.807) is 0 Å². The molecule has 2 aromatic rings. The van der Waals surface area contributed by atoms with Gasteiger partial charge in [-0.1, -0.05) is 31.0 Å². The molecule has 0 N–H and O–H groups in total. The van der Waals surface area contributed by atoms with Crippen molar-refractivity contribution in [1.82, 2.24) is 14.8 Å². The lowest BCUT2D eigenvalue weighted by molar-refractivity contribution is 0.438. The Hall–Kier alpha value is -1.41. The van der Waals surface area contributed by atoms with Crippen LogP contribution in [-0.2, 0) is 4.57 Å². The van der Waals surface area contributed by atoms with Gasteiger partial charge in [0.05, 0.1) is 6.04 Å². The summed E-state index contributed by atoms with van der Waals surface area (Å²) >= 11 is 0. The molecular formula is C20H28N3OP. The Morgan fingerprint density at radius 2 is 1.88 bits per heavy atom. The van der Waals surface area contributed by atoms with Crippen LogP contribution in [0.3, 0.4) is 0 Å².